The van der Waals surface area contributed by atoms with E-state index in [9.17, 15) is 9.59 Å². The summed E-state index contributed by atoms with van der Waals surface area (Å²) in [7, 11) is 0. The van der Waals surface area contributed by atoms with Gasteiger partial charge in [-0.25, -0.2) is 0 Å². The summed E-state index contributed by atoms with van der Waals surface area (Å²) < 4.78 is 17.7. The minimum absolute atomic E-state index is 0.217. The Labute approximate surface area is 125 Å². The molecular weight excluding hydrogens is 330 g/mol. The largest absolute Gasteiger partial charge is 0.456 e. The molecule has 4 atom stereocenters. The van der Waals surface area contributed by atoms with Crippen molar-refractivity contribution in [3.05, 3.63) is 10.6 Å². The molecule has 20 heavy (non-hydrogen) atoms. The van der Waals surface area contributed by atoms with Gasteiger partial charge in [0.25, 0.3) is 0 Å². The van der Waals surface area contributed by atoms with Crippen molar-refractivity contribution in [2.75, 3.05) is 0 Å². The molecule has 6 nitrogen and oxygen atoms in total. The normalized spacial score (nSPS) is 35.0. The number of halogens is 1. The SMILES string of the molecule is CC(=O)N[C@@H]1[C@@H]2OC(C)(C)O[C@@H]2C(Br)=C[C@@H]1OC(C)=O. The smallest absolute Gasteiger partial charge is 0.303 e. The summed E-state index contributed by atoms with van der Waals surface area (Å²) in [6.07, 6.45) is 0.393. The van der Waals surface area contributed by atoms with E-state index in [0.717, 1.165) is 4.48 Å². The van der Waals surface area contributed by atoms with Crippen molar-refractivity contribution in [2.24, 2.45) is 0 Å². The van der Waals surface area contributed by atoms with Gasteiger partial charge in [-0.1, -0.05) is 15.9 Å². The van der Waals surface area contributed by atoms with Gasteiger partial charge in [-0.05, 0) is 19.9 Å². The Balaban J connectivity index is 2.30. The summed E-state index contributed by atoms with van der Waals surface area (Å²) >= 11 is 3.42. The summed E-state index contributed by atoms with van der Waals surface area (Å²) in [5, 5.41) is 2.78. The molecule has 0 aromatic heterocycles. The van der Waals surface area contributed by atoms with Crippen molar-refractivity contribution in [1.29, 1.82) is 0 Å². The molecular formula is C13H18BrNO5. The van der Waals surface area contributed by atoms with E-state index >= 15 is 0 Å². The van der Waals surface area contributed by atoms with Gasteiger partial charge in [0, 0.05) is 18.3 Å². The fourth-order valence-electron chi connectivity index (χ4n) is 2.51. The summed E-state index contributed by atoms with van der Waals surface area (Å²) in [6.45, 7) is 6.34. The van der Waals surface area contributed by atoms with Gasteiger partial charge in [-0.2, -0.15) is 0 Å². The van der Waals surface area contributed by atoms with Crippen LogP contribution >= 0.6 is 15.9 Å². The number of amides is 1. The van der Waals surface area contributed by atoms with Gasteiger partial charge >= 0.3 is 5.97 Å². The second-order valence-electron chi connectivity index (χ2n) is 5.37. The summed E-state index contributed by atoms with van der Waals surface area (Å²) in [6, 6.07) is -0.482. The molecule has 0 saturated carbocycles. The molecule has 1 fully saturated rings. The molecule has 0 bridgehead atoms. The standard InChI is InChI=1S/C13H18BrNO5/c1-6(16)15-10-9(18-7(2)17)5-8(14)11-12(10)20-13(3,4)19-11/h5,9-12H,1-4H3,(H,15,16)/t9-,10-,11+,12-/m0/s1. The number of ether oxygens (including phenoxy) is 3. The molecule has 0 radical (unpaired) electrons. The van der Waals surface area contributed by atoms with Crippen LogP contribution < -0.4 is 5.32 Å². The zero-order chi connectivity index (χ0) is 15.1. The van der Waals surface area contributed by atoms with Gasteiger partial charge < -0.3 is 19.5 Å². The highest BCUT2D eigenvalue weighted by Gasteiger charge is 2.51. The fraction of sp³-hybridized carbons (Fsp3) is 0.692. The van der Waals surface area contributed by atoms with E-state index in [2.05, 4.69) is 21.2 Å². The molecule has 1 saturated heterocycles. The third kappa shape index (κ3) is 3.21. The van der Waals surface area contributed by atoms with Crippen molar-refractivity contribution < 1.29 is 23.8 Å². The van der Waals surface area contributed by atoms with Crippen molar-refractivity contribution in [3.63, 3.8) is 0 Å². The van der Waals surface area contributed by atoms with Crippen LogP contribution in [0.4, 0.5) is 0 Å². The number of carbonyl (C=O) groups is 2. The number of esters is 1. The third-order valence-corrected chi connectivity index (χ3v) is 3.82. The van der Waals surface area contributed by atoms with Crippen molar-refractivity contribution in [1.82, 2.24) is 5.32 Å². The highest BCUT2D eigenvalue weighted by atomic mass is 79.9. The van der Waals surface area contributed by atoms with E-state index in [0.29, 0.717) is 0 Å². The molecule has 1 N–H and O–H groups in total. The maximum absolute atomic E-state index is 11.4. The number of nitrogens with one attached hydrogen (secondary N) is 1. The number of hydrogen-bond acceptors (Lipinski definition) is 5. The second kappa shape index (κ2) is 5.46. The maximum Gasteiger partial charge on any atom is 0.303 e. The molecule has 0 unspecified atom stereocenters. The average molecular weight is 348 g/mol. The molecule has 7 heteroatoms. The van der Waals surface area contributed by atoms with Gasteiger partial charge in [0.15, 0.2) is 5.79 Å². The van der Waals surface area contributed by atoms with Gasteiger partial charge in [0.1, 0.15) is 18.3 Å². The van der Waals surface area contributed by atoms with Gasteiger partial charge in [-0.3, -0.25) is 9.59 Å². The second-order valence-corrected chi connectivity index (χ2v) is 6.29. The Kier molecular flexibility index (Phi) is 4.22. The monoisotopic (exact) mass is 347 g/mol. The van der Waals surface area contributed by atoms with Crippen LogP contribution in [0.2, 0.25) is 0 Å². The number of carbonyl (C=O) groups excluding carboxylic acids is 2. The lowest BCUT2D eigenvalue weighted by molar-refractivity contribution is -0.156. The summed E-state index contributed by atoms with van der Waals surface area (Å²) in [5.41, 5.74) is 0. The van der Waals surface area contributed by atoms with Crippen LogP contribution in [0.5, 0.6) is 0 Å². The van der Waals surface area contributed by atoms with E-state index in [4.69, 9.17) is 14.2 Å². The number of rotatable bonds is 2. The Hall–Kier alpha value is -0.920. The Morgan fingerprint density at radius 3 is 2.55 bits per heavy atom. The molecule has 1 heterocycles. The molecule has 1 aliphatic heterocycles. The van der Waals surface area contributed by atoms with Gasteiger partial charge in [0.2, 0.25) is 5.91 Å². The predicted molar refractivity (Wildman–Crippen MR) is 74.0 cm³/mol. The highest BCUT2D eigenvalue weighted by Crippen LogP contribution is 2.40. The van der Waals surface area contributed by atoms with E-state index in [1.54, 1.807) is 19.9 Å². The lowest BCUT2D eigenvalue weighted by atomic mass is 9.93. The summed E-state index contributed by atoms with van der Waals surface area (Å²) in [5.74, 6) is -1.39. The van der Waals surface area contributed by atoms with Gasteiger partial charge in [-0.15, -0.1) is 0 Å². The van der Waals surface area contributed by atoms with Crippen LogP contribution in [-0.2, 0) is 23.8 Å². The van der Waals surface area contributed by atoms with Crippen LogP contribution in [0.15, 0.2) is 10.6 Å². The molecule has 0 aromatic carbocycles. The lowest BCUT2D eigenvalue weighted by Crippen LogP contribution is -2.56. The topological polar surface area (TPSA) is 73.9 Å². The predicted octanol–water partition coefficient (Wildman–Crippen LogP) is 1.24. The Morgan fingerprint density at radius 2 is 2.00 bits per heavy atom. The molecule has 0 aromatic rings. The molecule has 0 spiro atoms. The molecule has 112 valence electrons. The molecule has 2 rings (SSSR count). The van der Waals surface area contributed by atoms with E-state index < -0.39 is 30.0 Å². The van der Waals surface area contributed by atoms with Crippen molar-refractivity contribution in [2.45, 2.75) is 57.8 Å². The fourth-order valence-corrected chi connectivity index (χ4v) is 3.12. The summed E-state index contributed by atoms with van der Waals surface area (Å²) in [4.78, 5) is 22.6. The number of fused-ring (bicyclic) bond motifs is 1. The van der Waals surface area contributed by atoms with E-state index in [1.807, 2.05) is 0 Å². The first-order chi connectivity index (χ1) is 9.19. The minimum Gasteiger partial charge on any atom is -0.456 e. The van der Waals surface area contributed by atoms with Crippen LogP contribution in [-0.4, -0.2) is 42.0 Å². The lowest BCUT2D eigenvalue weighted by Gasteiger charge is -2.35. The van der Waals surface area contributed by atoms with Crippen LogP contribution in [0.1, 0.15) is 27.7 Å². The van der Waals surface area contributed by atoms with Crippen molar-refractivity contribution in [3.8, 4) is 0 Å². The average Bonchev–Trinajstić information content (AvgIpc) is 2.59. The molecule has 2 aliphatic rings. The number of hydrogen-bond donors (Lipinski definition) is 1. The minimum atomic E-state index is -0.760. The maximum atomic E-state index is 11.4. The first-order valence-electron chi connectivity index (χ1n) is 6.37. The van der Waals surface area contributed by atoms with E-state index in [1.165, 1.54) is 13.8 Å². The van der Waals surface area contributed by atoms with Crippen molar-refractivity contribution >= 4 is 27.8 Å². The quantitative estimate of drug-likeness (QED) is 0.760. The van der Waals surface area contributed by atoms with Gasteiger partial charge in [0.05, 0.1) is 6.04 Å². The Bertz CT molecular complexity index is 462. The first-order valence-corrected chi connectivity index (χ1v) is 7.16. The van der Waals surface area contributed by atoms with Crippen LogP contribution in [0.25, 0.3) is 0 Å². The molecule has 1 amide bonds. The third-order valence-electron chi connectivity index (χ3n) is 3.10. The highest BCUT2D eigenvalue weighted by molar-refractivity contribution is 9.11. The zero-order valence-corrected chi connectivity index (χ0v) is 13.4. The van der Waals surface area contributed by atoms with E-state index in [-0.39, 0.29) is 12.0 Å². The Morgan fingerprint density at radius 1 is 1.35 bits per heavy atom. The first kappa shape index (κ1) is 15.5. The van der Waals surface area contributed by atoms with Crippen LogP contribution in [0, 0.1) is 0 Å². The zero-order valence-electron chi connectivity index (χ0n) is 11.8. The molecule has 1 aliphatic carbocycles. The van der Waals surface area contributed by atoms with Crippen LogP contribution in [0.3, 0.4) is 0 Å².